The molecule has 0 fully saturated rings. The summed E-state index contributed by atoms with van der Waals surface area (Å²) in [6.45, 7) is 6.60. The summed E-state index contributed by atoms with van der Waals surface area (Å²) >= 11 is 4.26. The molecule has 0 bridgehead atoms. The van der Waals surface area contributed by atoms with Gasteiger partial charge >= 0.3 is 0 Å². The van der Waals surface area contributed by atoms with Crippen molar-refractivity contribution in [1.82, 2.24) is 0 Å². The molecule has 72 valence electrons. The van der Waals surface area contributed by atoms with Crippen molar-refractivity contribution in [2.45, 2.75) is 33.1 Å². The maximum Gasteiger partial charge on any atom is -0.00922 e. The Labute approximate surface area is 86.8 Å². The molecule has 0 aliphatic rings. The van der Waals surface area contributed by atoms with Crippen LogP contribution in [-0.2, 0) is 0 Å². The topological polar surface area (TPSA) is 0 Å². The SMILES string of the molecule is Cc1ccc(C(C)CCS)c(C)c1. The molecule has 0 radical (unpaired) electrons. The average Bonchev–Trinajstić information content (AvgIpc) is 2.04. The molecule has 13 heavy (non-hydrogen) atoms. The van der Waals surface area contributed by atoms with E-state index in [9.17, 15) is 0 Å². The molecule has 0 spiro atoms. The van der Waals surface area contributed by atoms with Crippen molar-refractivity contribution in [2.75, 3.05) is 5.75 Å². The quantitative estimate of drug-likeness (QED) is 0.696. The lowest BCUT2D eigenvalue weighted by Gasteiger charge is -2.13. The van der Waals surface area contributed by atoms with Crippen LogP contribution < -0.4 is 0 Å². The van der Waals surface area contributed by atoms with Gasteiger partial charge in [0.1, 0.15) is 0 Å². The van der Waals surface area contributed by atoms with E-state index in [2.05, 4.69) is 51.6 Å². The van der Waals surface area contributed by atoms with Gasteiger partial charge in [0.2, 0.25) is 0 Å². The van der Waals surface area contributed by atoms with Crippen molar-refractivity contribution >= 4 is 12.6 Å². The summed E-state index contributed by atoms with van der Waals surface area (Å²) < 4.78 is 0. The summed E-state index contributed by atoms with van der Waals surface area (Å²) in [5.41, 5.74) is 4.23. The molecule has 0 saturated heterocycles. The molecule has 0 amide bonds. The Bertz CT molecular complexity index is 278. The first kappa shape index (κ1) is 10.6. The van der Waals surface area contributed by atoms with E-state index in [1.54, 1.807) is 0 Å². The third-order valence-electron chi connectivity index (χ3n) is 2.52. The molecule has 0 aromatic heterocycles. The summed E-state index contributed by atoms with van der Waals surface area (Å²) in [5, 5.41) is 0. The minimum absolute atomic E-state index is 0.637. The Hall–Kier alpha value is -0.430. The number of aryl methyl sites for hydroxylation is 2. The van der Waals surface area contributed by atoms with Gasteiger partial charge in [0.05, 0.1) is 0 Å². The molecule has 0 aliphatic carbocycles. The van der Waals surface area contributed by atoms with Gasteiger partial charge < -0.3 is 0 Å². The molecule has 0 nitrogen and oxygen atoms in total. The summed E-state index contributed by atoms with van der Waals surface area (Å²) in [7, 11) is 0. The molecule has 0 aliphatic heterocycles. The second-order valence-corrected chi connectivity index (χ2v) is 4.22. The lowest BCUT2D eigenvalue weighted by molar-refractivity contribution is 0.736. The normalized spacial score (nSPS) is 12.9. The van der Waals surface area contributed by atoms with Gasteiger partial charge in [-0.3, -0.25) is 0 Å². The largest absolute Gasteiger partial charge is 0.179 e. The van der Waals surface area contributed by atoms with Gasteiger partial charge in [0.25, 0.3) is 0 Å². The zero-order valence-corrected chi connectivity index (χ0v) is 9.57. The van der Waals surface area contributed by atoms with Crippen LogP contribution in [0.4, 0.5) is 0 Å². The van der Waals surface area contributed by atoms with Crippen molar-refractivity contribution in [1.29, 1.82) is 0 Å². The fourth-order valence-electron chi connectivity index (χ4n) is 1.73. The van der Waals surface area contributed by atoms with E-state index in [-0.39, 0.29) is 0 Å². The first-order chi connectivity index (χ1) is 6.15. The third-order valence-corrected chi connectivity index (χ3v) is 2.78. The van der Waals surface area contributed by atoms with Crippen LogP contribution in [0.15, 0.2) is 18.2 Å². The van der Waals surface area contributed by atoms with Crippen molar-refractivity contribution in [2.24, 2.45) is 0 Å². The highest BCUT2D eigenvalue weighted by Gasteiger charge is 2.06. The minimum Gasteiger partial charge on any atom is -0.179 e. The van der Waals surface area contributed by atoms with E-state index in [4.69, 9.17) is 0 Å². The first-order valence-corrected chi connectivity index (χ1v) is 5.46. The second-order valence-electron chi connectivity index (χ2n) is 3.77. The highest BCUT2D eigenvalue weighted by molar-refractivity contribution is 7.80. The highest BCUT2D eigenvalue weighted by Crippen LogP contribution is 2.23. The Kier molecular flexibility index (Phi) is 3.86. The van der Waals surface area contributed by atoms with Gasteiger partial charge in [-0.05, 0) is 43.1 Å². The predicted octanol–water partition coefficient (Wildman–Crippen LogP) is 3.73. The van der Waals surface area contributed by atoms with Crippen LogP contribution in [0, 0.1) is 13.8 Å². The van der Waals surface area contributed by atoms with Crippen LogP contribution in [0.5, 0.6) is 0 Å². The van der Waals surface area contributed by atoms with E-state index in [0.29, 0.717) is 5.92 Å². The molecule has 1 unspecified atom stereocenters. The smallest absolute Gasteiger partial charge is 0.00922 e. The van der Waals surface area contributed by atoms with Crippen LogP contribution in [0.1, 0.15) is 36.0 Å². The molecule has 1 aromatic rings. The fraction of sp³-hybridized carbons (Fsp3) is 0.500. The lowest BCUT2D eigenvalue weighted by Crippen LogP contribution is -1.97. The van der Waals surface area contributed by atoms with E-state index < -0.39 is 0 Å². The summed E-state index contributed by atoms with van der Waals surface area (Å²) in [6, 6.07) is 6.69. The van der Waals surface area contributed by atoms with Gasteiger partial charge in [-0.1, -0.05) is 30.7 Å². The van der Waals surface area contributed by atoms with Crippen molar-refractivity contribution in [3.63, 3.8) is 0 Å². The van der Waals surface area contributed by atoms with Crippen LogP contribution >= 0.6 is 12.6 Å². The van der Waals surface area contributed by atoms with Crippen LogP contribution in [0.25, 0.3) is 0 Å². The molecule has 0 saturated carbocycles. The Morgan fingerprint density at radius 1 is 1.31 bits per heavy atom. The maximum atomic E-state index is 4.26. The maximum absolute atomic E-state index is 4.26. The highest BCUT2D eigenvalue weighted by atomic mass is 32.1. The monoisotopic (exact) mass is 194 g/mol. The first-order valence-electron chi connectivity index (χ1n) is 4.83. The van der Waals surface area contributed by atoms with E-state index in [1.165, 1.54) is 16.7 Å². The van der Waals surface area contributed by atoms with Gasteiger partial charge in [-0.15, -0.1) is 0 Å². The summed E-state index contributed by atoms with van der Waals surface area (Å²) in [5.74, 6) is 1.60. The number of benzene rings is 1. The molecule has 1 atom stereocenters. The van der Waals surface area contributed by atoms with E-state index >= 15 is 0 Å². The van der Waals surface area contributed by atoms with Crippen molar-refractivity contribution < 1.29 is 0 Å². The molecule has 0 heterocycles. The van der Waals surface area contributed by atoms with Crippen LogP contribution in [-0.4, -0.2) is 5.75 Å². The average molecular weight is 194 g/mol. The second kappa shape index (κ2) is 4.71. The minimum atomic E-state index is 0.637. The van der Waals surface area contributed by atoms with Gasteiger partial charge in [0, 0.05) is 0 Å². The molecule has 1 rings (SSSR count). The van der Waals surface area contributed by atoms with Crippen molar-refractivity contribution in [3.05, 3.63) is 34.9 Å². The predicted molar refractivity (Wildman–Crippen MR) is 62.8 cm³/mol. The van der Waals surface area contributed by atoms with Crippen LogP contribution in [0.2, 0.25) is 0 Å². The molecular weight excluding hydrogens is 176 g/mol. The third kappa shape index (κ3) is 2.77. The zero-order chi connectivity index (χ0) is 9.84. The number of rotatable bonds is 3. The standard InChI is InChI=1S/C12H18S/c1-9-4-5-12(11(3)8-9)10(2)6-7-13/h4-5,8,10,13H,6-7H2,1-3H3. The van der Waals surface area contributed by atoms with Crippen LogP contribution in [0.3, 0.4) is 0 Å². The van der Waals surface area contributed by atoms with Gasteiger partial charge in [-0.2, -0.15) is 12.6 Å². The molecule has 0 N–H and O–H groups in total. The molecular formula is C12H18S. The van der Waals surface area contributed by atoms with E-state index in [1.807, 2.05) is 0 Å². The number of thiol groups is 1. The zero-order valence-electron chi connectivity index (χ0n) is 8.67. The number of hydrogen-bond acceptors (Lipinski definition) is 1. The van der Waals surface area contributed by atoms with Gasteiger partial charge in [-0.25, -0.2) is 0 Å². The van der Waals surface area contributed by atoms with E-state index in [0.717, 1.165) is 12.2 Å². The summed E-state index contributed by atoms with van der Waals surface area (Å²) in [4.78, 5) is 0. The Morgan fingerprint density at radius 3 is 2.54 bits per heavy atom. The van der Waals surface area contributed by atoms with Crippen molar-refractivity contribution in [3.8, 4) is 0 Å². The Balaban J connectivity index is 2.88. The van der Waals surface area contributed by atoms with Gasteiger partial charge in [0.15, 0.2) is 0 Å². The Morgan fingerprint density at radius 2 is 2.00 bits per heavy atom. The number of hydrogen-bond donors (Lipinski definition) is 1. The fourth-order valence-corrected chi connectivity index (χ4v) is 2.11. The molecule has 1 heteroatoms. The summed E-state index contributed by atoms with van der Waals surface area (Å²) in [6.07, 6.45) is 1.16. The lowest BCUT2D eigenvalue weighted by atomic mass is 9.93. The molecule has 1 aromatic carbocycles.